The molecule has 6 aromatic carbocycles. The molecule has 3 amide bonds. The van der Waals surface area contributed by atoms with E-state index in [2.05, 4.69) is 73.0 Å². The first kappa shape index (κ1) is 74.7. The molecule has 3 N–H and O–H groups in total. The second-order valence-corrected chi connectivity index (χ2v) is 34.1. The van der Waals surface area contributed by atoms with Crippen molar-refractivity contribution in [3.63, 3.8) is 0 Å². The van der Waals surface area contributed by atoms with E-state index in [1.54, 1.807) is 88.2 Å². The van der Waals surface area contributed by atoms with E-state index < -0.39 is 35.9 Å². The lowest BCUT2D eigenvalue weighted by Gasteiger charge is -2.40. The van der Waals surface area contributed by atoms with Gasteiger partial charge in [0.2, 0.25) is 22.9 Å². The number of fused-ring (bicyclic) bond motifs is 1. The smallest absolute Gasteiger partial charge is 0.263 e. The zero-order valence-corrected chi connectivity index (χ0v) is 63.0. The van der Waals surface area contributed by atoms with Crippen molar-refractivity contribution in [1.82, 2.24) is 39.8 Å². The Labute approximate surface area is 635 Å². The Bertz CT molecular complexity index is 4950. The quantitative estimate of drug-likeness (QED) is 0.0639. The standard InChI is InChI=1S/C25H28FN5O3S2.C25H29N5O4S2.C21H19ClFN5O3S2.7H2/c1-18(19-2-4-20(26)5-3-19)29-13-15-30(16-14-29)23-10-12-31(24(23)32)21-6-8-22(9-7-21)36(33,34)28-25-27-11-17-35-25;1-34-21-4-2-3-19(17-21)18-28-12-14-29(15-13-28)23-9-11-30(24(23)31)20-5-7-22(8-6-20)36(32,33)27-25-26-10-16-35-25;1-12-24-25-21(32-12)26-33(30,31)14-4-2-13(3-5-14)27-11-9-18(20(27)29)28-10-8-15-17(28)7-6-16(23)19(15)22;;;;;;;/h2-9,11,17-18,23H,10,12-16H2,1H3,(H,27,28);2-8,10,16-17,23H,9,11-15,18H2,1H3,(H,26,27);2-7,18H,8-11H2,1H3,(H,25,26);7*1H/t18-,23-;23-;18-;;;;;;;/m000......./s1. The molecule has 5 saturated heterocycles. The summed E-state index contributed by atoms with van der Waals surface area (Å²) in [5.74, 6) is 0.219. The maximum Gasteiger partial charge on any atom is 0.263 e. The van der Waals surface area contributed by atoms with Crippen LogP contribution in [-0.2, 0) is 57.4 Å². The molecule has 9 heterocycles. The van der Waals surface area contributed by atoms with Gasteiger partial charge in [0.1, 0.15) is 28.4 Å². The van der Waals surface area contributed by atoms with Gasteiger partial charge in [0.25, 0.3) is 30.1 Å². The van der Waals surface area contributed by atoms with Crippen LogP contribution in [0.15, 0.2) is 171 Å². The molecule has 3 aromatic heterocycles. The number of nitrogens with one attached hydrogen (secondary N) is 3. The van der Waals surface area contributed by atoms with Crippen LogP contribution in [0.5, 0.6) is 5.75 Å². The fourth-order valence-corrected chi connectivity index (χ4v) is 19.6. The maximum atomic E-state index is 13.8. The molecule has 6 aliphatic rings. The summed E-state index contributed by atoms with van der Waals surface area (Å²) in [6.45, 7) is 13.8. The highest BCUT2D eigenvalue weighted by Crippen LogP contribution is 2.40. The first-order valence-electron chi connectivity index (χ1n) is 34.0. The Morgan fingerprint density at radius 1 is 0.571 bits per heavy atom. The number of thiazole rings is 2. The topological polar surface area (TPSA) is 276 Å². The van der Waals surface area contributed by atoms with Crippen molar-refractivity contribution in [2.75, 3.05) is 119 Å². The highest BCUT2D eigenvalue weighted by Gasteiger charge is 2.42. The van der Waals surface area contributed by atoms with Gasteiger partial charge in [-0.25, -0.2) is 44.0 Å². The zero-order valence-electron chi connectivity index (χ0n) is 57.4. The molecule has 25 nitrogen and oxygen atoms in total. The van der Waals surface area contributed by atoms with Crippen molar-refractivity contribution in [3.8, 4) is 5.75 Å². The molecule has 566 valence electrons. The summed E-state index contributed by atoms with van der Waals surface area (Å²) in [6.07, 6.45) is 5.77. The molecule has 0 radical (unpaired) electrons. The molecular weight excluding hydrogens is 1490 g/mol. The third kappa shape index (κ3) is 17.1. The lowest BCUT2D eigenvalue weighted by molar-refractivity contribution is -0.123. The van der Waals surface area contributed by atoms with Crippen molar-refractivity contribution in [1.29, 1.82) is 0 Å². The average molecular weight is 1580 g/mol. The zero-order chi connectivity index (χ0) is 73.7. The van der Waals surface area contributed by atoms with E-state index in [4.69, 9.17) is 16.3 Å². The van der Waals surface area contributed by atoms with Gasteiger partial charge in [-0.3, -0.25) is 48.1 Å². The molecule has 5 fully saturated rings. The van der Waals surface area contributed by atoms with E-state index in [0.717, 1.165) is 106 Å². The molecule has 15 rings (SSSR count). The van der Waals surface area contributed by atoms with Crippen molar-refractivity contribution >= 4 is 132 Å². The summed E-state index contributed by atoms with van der Waals surface area (Å²) >= 11 is 9.68. The van der Waals surface area contributed by atoms with E-state index in [9.17, 15) is 48.4 Å². The predicted octanol–water partition coefficient (Wildman–Crippen LogP) is 11.8. The number of carbonyl (C=O) groups is 3. The van der Waals surface area contributed by atoms with Gasteiger partial charge in [-0.05, 0) is 165 Å². The Morgan fingerprint density at radius 3 is 1.51 bits per heavy atom. The van der Waals surface area contributed by atoms with E-state index >= 15 is 0 Å². The number of benzene rings is 6. The van der Waals surface area contributed by atoms with E-state index in [-0.39, 0.29) is 82.5 Å². The van der Waals surface area contributed by atoms with Crippen LogP contribution < -0.4 is 38.5 Å². The number of aryl methyl sites for hydroxylation is 1. The lowest BCUT2D eigenvalue weighted by Crippen LogP contribution is -2.52. The minimum Gasteiger partial charge on any atom is -0.497 e. The molecule has 0 saturated carbocycles. The molecule has 9 aromatic rings. The number of hydrogen-bond acceptors (Lipinski definition) is 22. The summed E-state index contributed by atoms with van der Waals surface area (Å²) in [5, 5.41) is 12.6. The molecule has 34 heteroatoms. The summed E-state index contributed by atoms with van der Waals surface area (Å²) in [4.78, 5) is 64.4. The lowest BCUT2D eigenvalue weighted by atomic mass is 10.1. The summed E-state index contributed by atoms with van der Waals surface area (Å²) < 4.78 is 115. The molecule has 105 heavy (non-hydrogen) atoms. The van der Waals surface area contributed by atoms with Gasteiger partial charge in [-0.1, -0.05) is 47.2 Å². The molecular formula is C71H90ClF2N15O10S6. The Balaban J connectivity index is 0.000000254. The van der Waals surface area contributed by atoms with Crippen LogP contribution in [0, 0.1) is 18.6 Å². The number of anilines is 7. The van der Waals surface area contributed by atoms with Crippen molar-refractivity contribution in [2.24, 2.45) is 0 Å². The van der Waals surface area contributed by atoms with E-state index in [0.29, 0.717) is 71.4 Å². The van der Waals surface area contributed by atoms with Crippen LogP contribution in [0.2, 0.25) is 5.02 Å². The van der Waals surface area contributed by atoms with Crippen molar-refractivity contribution < 1.29 is 63.1 Å². The second-order valence-electron chi connectivity index (χ2n) is 25.7. The molecule has 0 bridgehead atoms. The number of ether oxygens (including phenoxy) is 1. The van der Waals surface area contributed by atoms with Crippen LogP contribution in [0.25, 0.3) is 0 Å². The summed E-state index contributed by atoms with van der Waals surface area (Å²) in [7, 11) is -9.60. The van der Waals surface area contributed by atoms with Crippen LogP contribution in [0.1, 0.15) is 63.9 Å². The van der Waals surface area contributed by atoms with Gasteiger partial charge >= 0.3 is 0 Å². The van der Waals surface area contributed by atoms with Gasteiger partial charge in [-0.2, -0.15) is 0 Å². The number of halogens is 3. The largest absolute Gasteiger partial charge is 0.497 e. The SMILES string of the molecule is COc1cccc(CN2CCN([C@H]3CCN(c4ccc(S(=O)(=O)Nc5nccs5)cc4)C3=O)CC2)c1.C[C@@H](c1ccc(F)cc1)N1CCN([C@H]2CCN(c3ccc(S(=O)(=O)Nc4nccs4)cc3)C2=O)CC1.Cc1nnc(NS(=O)(=O)c2ccc(N3CC[C@H](N4CCc5c4ccc(F)c5Cl)C3=O)cc2)s1.[HH].[HH].[HH].[HH].[HH].[HH].[HH]. The maximum absolute atomic E-state index is 13.8. The highest BCUT2D eigenvalue weighted by atomic mass is 35.5. The second kappa shape index (κ2) is 32.2. The number of carbonyl (C=O) groups excluding carboxylic acids is 3. The molecule has 0 spiro atoms. The third-order valence-electron chi connectivity index (χ3n) is 19.5. The predicted molar refractivity (Wildman–Crippen MR) is 418 cm³/mol. The third-order valence-corrected chi connectivity index (χ3v) is 26.5. The monoisotopic (exact) mass is 1580 g/mol. The molecule has 4 atom stereocenters. The first-order chi connectivity index (χ1) is 50.5. The highest BCUT2D eigenvalue weighted by molar-refractivity contribution is 7.93. The number of piperazine rings is 2. The fraction of sp³-hybridized carbons (Fsp3) is 0.338. The minimum atomic E-state index is -3.82. The number of sulfonamides is 3. The van der Waals surface area contributed by atoms with Crippen molar-refractivity contribution in [2.45, 2.75) is 84.9 Å². The van der Waals surface area contributed by atoms with Gasteiger partial charge in [0.15, 0.2) is 10.3 Å². The minimum absolute atomic E-state index is 0. The number of amides is 3. The van der Waals surface area contributed by atoms with E-state index in [1.165, 1.54) is 89.0 Å². The average Bonchev–Trinajstić information content (AvgIpc) is 1.13. The van der Waals surface area contributed by atoms with Crippen molar-refractivity contribution in [3.05, 3.63) is 195 Å². The van der Waals surface area contributed by atoms with Crippen LogP contribution in [0.3, 0.4) is 0 Å². The fourth-order valence-electron chi connectivity index (χ4n) is 14.0. The number of methoxy groups -OCH3 is 1. The summed E-state index contributed by atoms with van der Waals surface area (Å²) in [5.41, 5.74) is 5.85. The first-order valence-corrected chi connectivity index (χ1v) is 41.4. The number of hydrogen-bond donors (Lipinski definition) is 3. The Kier molecular flexibility index (Phi) is 22.9. The van der Waals surface area contributed by atoms with Gasteiger partial charge in [0.05, 0.1) is 38.9 Å². The van der Waals surface area contributed by atoms with E-state index in [1.807, 2.05) is 29.2 Å². The van der Waals surface area contributed by atoms with Crippen LogP contribution in [0.4, 0.5) is 46.9 Å². The van der Waals surface area contributed by atoms with Gasteiger partial charge in [-0.15, -0.1) is 32.9 Å². The normalized spacial score (nSPS) is 19.4. The number of rotatable bonds is 20. The van der Waals surface area contributed by atoms with Gasteiger partial charge < -0.3 is 24.3 Å². The molecule has 0 aliphatic carbocycles. The van der Waals surface area contributed by atoms with Crippen LogP contribution in [-0.4, -0.2) is 187 Å². The number of aromatic nitrogens is 4. The molecule has 6 aliphatic heterocycles. The van der Waals surface area contributed by atoms with Gasteiger partial charge in [0, 0.05) is 147 Å². The Hall–Kier alpha value is -8.61. The Morgan fingerprint density at radius 2 is 1.05 bits per heavy atom. The molecule has 0 unspecified atom stereocenters. The number of nitrogens with zero attached hydrogens (tertiary/aromatic N) is 12. The van der Waals surface area contributed by atoms with Crippen LogP contribution >= 0.6 is 45.6 Å². The summed E-state index contributed by atoms with van der Waals surface area (Å²) in [6, 6.07) is 36.3.